The lowest BCUT2D eigenvalue weighted by Crippen LogP contribution is -2.49. The lowest BCUT2D eigenvalue weighted by atomic mass is 9.93. The number of hydrogen-bond acceptors (Lipinski definition) is 4. The second kappa shape index (κ2) is 6.40. The summed E-state index contributed by atoms with van der Waals surface area (Å²) in [5.41, 5.74) is 0.503. The van der Waals surface area contributed by atoms with Crippen LogP contribution >= 0.6 is 46.1 Å². The first-order valence-electron chi connectivity index (χ1n) is 5.87. The number of carboxylic acids is 1. The fourth-order valence-corrected chi connectivity index (χ4v) is 2.93. The van der Waals surface area contributed by atoms with Gasteiger partial charge in [0.2, 0.25) is 4.33 Å². The fraction of sp³-hybridized carbons (Fsp3) is 0.231. The Kier molecular flexibility index (Phi) is 4.99. The summed E-state index contributed by atoms with van der Waals surface area (Å²) in [4.78, 5) is 13.9. The quantitative estimate of drug-likeness (QED) is 0.761. The van der Waals surface area contributed by atoms with Crippen LogP contribution in [0.1, 0.15) is 5.56 Å². The fourth-order valence-electron chi connectivity index (χ4n) is 1.77. The molecule has 0 bridgehead atoms. The summed E-state index contributed by atoms with van der Waals surface area (Å²) in [6.07, 6.45) is 1.62. The number of aromatic nitrogens is 1. The van der Waals surface area contributed by atoms with E-state index in [1.54, 1.807) is 41.9 Å². The van der Waals surface area contributed by atoms with E-state index < -0.39 is 15.2 Å². The highest BCUT2D eigenvalue weighted by atomic mass is 35.5. The van der Waals surface area contributed by atoms with Crippen molar-refractivity contribution >= 4 is 57.2 Å². The number of thiazole rings is 1. The molecule has 1 atom stereocenters. The van der Waals surface area contributed by atoms with E-state index in [2.05, 4.69) is 10.3 Å². The van der Waals surface area contributed by atoms with Crippen LogP contribution in [0.2, 0.25) is 0 Å². The zero-order chi connectivity index (χ0) is 15.5. The first kappa shape index (κ1) is 16.4. The van der Waals surface area contributed by atoms with Crippen molar-refractivity contribution in [2.45, 2.75) is 9.21 Å². The highest BCUT2D eigenvalue weighted by molar-refractivity contribution is 7.13. The van der Waals surface area contributed by atoms with Crippen molar-refractivity contribution in [1.29, 1.82) is 0 Å². The Bertz CT molecular complexity index is 607. The molecule has 21 heavy (non-hydrogen) atoms. The van der Waals surface area contributed by atoms with Crippen molar-refractivity contribution in [3.8, 4) is 0 Å². The molecule has 4 nitrogen and oxygen atoms in total. The van der Waals surface area contributed by atoms with Crippen molar-refractivity contribution in [2.24, 2.45) is 0 Å². The van der Waals surface area contributed by atoms with E-state index in [1.165, 1.54) is 11.3 Å². The number of anilines is 1. The zero-order valence-corrected chi connectivity index (χ0v) is 13.7. The number of alkyl halides is 3. The highest BCUT2D eigenvalue weighted by Crippen LogP contribution is 2.47. The molecule has 8 heteroatoms. The maximum atomic E-state index is 11.4. The first-order chi connectivity index (χ1) is 9.88. The summed E-state index contributed by atoms with van der Waals surface area (Å²) in [6.45, 7) is 0.00534. The average molecular weight is 366 g/mol. The summed E-state index contributed by atoms with van der Waals surface area (Å²) >= 11 is 20.0. The van der Waals surface area contributed by atoms with Gasteiger partial charge < -0.3 is 10.4 Å². The molecule has 1 aromatic carbocycles. The molecule has 0 saturated heterocycles. The number of nitrogens with one attached hydrogen (secondary N) is 1. The van der Waals surface area contributed by atoms with E-state index in [0.717, 1.165) is 0 Å². The number of hydrogen-bond donors (Lipinski definition) is 2. The van der Waals surface area contributed by atoms with E-state index in [9.17, 15) is 9.90 Å². The largest absolute Gasteiger partial charge is 0.479 e. The smallest absolute Gasteiger partial charge is 0.342 e. The summed E-state index contributed by atoms with van der Waals surface area (Å²) in [5, 5.41) is 14.7. The van der Waals surface area contributed by atoms with Crippen LogP contribution in [0, 0.1) is 0 Å². The lowest BCUT2D eigenvalue weighted by Gasteiger charge is -2.35. The number of rotatable bonds is 6. The Labute approximate surface area is 140 Å². The normalized spacial score (nSPS) is 14.4. The predicted octanol–water partition coefficient (Wildman–Crippen LogP) is 3.95. The van der Waals surface area contributed by atoms with Gasteiger partial charge in [-0.05, 0) is 5.56 Å². The molecule has 112 valence electrons. The molecule has 0 aliphatic heterocycles. The van der Waals surface area contributed by atoms with Crippen LogP contribution in [0.15, 0.2) is 41.9 Å². The standard InChI is InChI=1S/C13H11Cl3N2O2S/c14-12(13(15,16)10(19)20,9-4-2-1-3-5-9)8-18-11-17-6-7-21-11/h1-7H,8H2,(H,17,18)(H,19,20). The van der Waals surface area contributed by atoms with Crippen molar-refractivity contribution in [2.75, 3.05) is 11.9 Å². The van der Waals surface area contributed by atoms with Crippen molar-refractivity contribution in [3.05, 3.63) is 47.5 Å². The molecule has 0 aliphatic rings. The van der Waals surface area contributed by atoms with Gasteiger partial charge in [-0.2, -0.15) is 0 Å². The lowest BCUT2D eigenvalue weighted by molar-refractivity contribution is -0.138. The molecule has 0 radical (unpaired) electrons. The van der Waals surface area contributed by atoms with Crippen LogP contribution in [0.25, 0.3) is 0 Å². The van der Waals surface area contributed by atoms with E-state index in [0.29, 0.717) is 10.7 Å². The minimum absolute atomic E-state index is 0.00534. The Hall–Kier alpha value is -1.01. The van der Waals surface area contributed by atoms with E-state index >= 15 is 0 Å². The van der Waals surface area contributed by atoms with Gasteiger partial charge in [0.1, 0.15) is 4.87 Å². The third-order valence-corrected chi connectivity index (χ3v) is 5.44. The minimum atomic E-state index is -2.21. The molecule has 0 saturated carbocycles. The van der Waals surface area contributed by atoms with Gasteiger partial charge >= 0.3 is 5.97 Å². The molecular formula is C13H11Cl3N2O2S. The Morgan fingerprint density at radius 1 is 1.29 bits per heavy atom. The van der Waals surface area contributed by atoms with Gasteiger partial charge in [0.05, 0.1) is 0 Å². The van der Waals surface area contributed by atoms with E-state index in [4.69, 9.17) is 34.8 Å². The van der Waals surface area contributed by atoms with Gasteiger partial charge in [0, 0.05) is 18.1 Å². The van der Waals surface area contributed by atoms with Gasteiger partial charge in [-0.15, -0.1) is 22.9 Å². The second-order valence-corrected chi connectivity index (χ2v) is 7.10. The van der Waals surface area contributed by atoms with Crippen LogP contribution in [-0.4, -0.2) is 26.9 Å². The van der Waals surface area contributed by atoms with Gasteiger partial charge in [-0.3, -0.25) is 0 Å². The Morgan fingerprint density at radius 3 is 2.48 bits per heavy atom. The third-order valence-electron chi connectivity index (χ3n) is 2.91. The van der Waals surface area contributed by atoms with E-state index in [1.807, 2.05) is 0 Å². The van der Waals surface area contributed by atoms with Gasteiger partial charge in [0.25, 0.3) is 0 Å². The Morgan fingerprint density at radius 2 is 1.95 bits per heavy atom. The zero-order valence-electron chi connectivity index (χ0n) is 10.6. The molecule has 0 spiro atoms. The minimum Gasteiger partial charge on any atom is -0.479 e. The average Bonchev–Trinajstić information content (AvgIpc) is 2.98. The molecule has 1 heterocycles. The van der Waals surface area contributed by atoms with Crippen LogP contribution in [0.3, 0.4) is 0 Å². The van der Waals surface area contributed by atoms with Crippen LogP contribution in [0.4, 0.5) is 5.13 Å². The number of aliphatic carboxylic acids is 1. The maximum Gasteiger partial charge on any atom is 0.342 e. The SMILES string of the molecule is O=C(O)C(Cl)(Cl)C(Cl)(CNc1nccs1)c1ccccc1. The van der Waals surface area contributed by atoms with Crippen molar-refractivity contribution < 1.29 is 9.90 Å². The number of halogens is 3. The molecule has 2 rings (SSSR count). The van der Waals surface area contributed by atoms with Gasteiger partial charge in [-0.25, -0.2) is 9.78 Å². The number of carbonyl (C=O) groups is 1. The predicted molar refractivity (Wildman–Crippen MR) is 86.6 cm³/mol. The van der Waals surface area contributed by atoms with Gasteiger partial charge in [-0.1, -0.05) is 53.5 Å². The Balaban J connectivity index is 2.36. The molecular weight excluding hydrogens is 355 g/mol. The van der Waals surface area contributed by atoms with E-state index in [-0.39, 0.29) is 6.54 Å². The van der Waals surface area contributed by atoms with Gasteiger partial charge in [0.15, 0.2) is 5.13 Å². The van der Waals surface area contributed by atoms with Crippen LogP contribution in [0.5, 0.6) is 0 Å². The van der Waals surface area contributed by atoms with Crippen molar-refractivity contribution in [1.82, 2.24) is 4.98 Å². The van der Waals surface area contributed by atoms with Crippen LogP contribution < -0.4 is 5.32 Å². The molecule has 0 fully saturated rings. The van der Waals surface area contributed by atoms with Crippen LogP contribution in [-0.2, 0) is 9.67 Å². The maximum absolute atomic E-state index is 11.4. The number of carboxylic acid groups (broad SMARTS) is 1. The monoisotopic (exact) mass is 364 g/mol. The molecule has 1 aromatic heterocycles. The topological polar surface area (TPSA) is 62.2 Å². The first-order valence-corrected chi connectivity index (χ1v) is 7.88. The summed E-state index contributed by atoms with van der Waals surface area (Å²) in [6, 6.07) is 8.63. The molecule has 0 amide bonds. The second-order valence-electron chi connectivity index (χ2n) is 4.24. The summed E-state index contributed by atoms with van der Waals surface area (Å²) in [5.74, 6) is -1.41. The third kappa shape index (κ3) is 3.26. The molecule has 2 N–H and O–H groups in total. The van der Waals surface area contributed by atoms with Crippen molar-refractivity contribution in [3.63, 3.8) is 0 Å². The molecule has 0 aliphatic carbocycles. The summed E-state index contributed by atoms with van der Waals surface area (Å²) < 4.78 is -2.21. The summed E-state index contributed by atoms with van der Waals surface area (Å²) in [7, 11) is 0. The highest BCUT2D eigenvalue weighted by Gasteiger charge is 2.55. The molecule has 1 unspecified atom stereocenters. The number of benzene rings is 1. The molecule has 2 aromatic rings. The number of nitrogens with zero attached hydrogens (tertiary/aromatic N) is 1.